The second-order valence-corrected chi connectivity index (χ2v) is 6.09. The highest BCUT2D eigenvalue weighted by atomic mass is 16.5. The Labute approximate surface area is 145 Å². The van der Waals surface area contributed by atoms with Crippen LogP contribution in [0.5, 0.6) is 0 Å². The van der Waals surface area contributed by atoms with Crippen LogP contribution >= 0.6 is 0 Å². The van der Waals surface area contributed by atoms with Gasteiger partial charge in [0.1, 0.15) is 0 Å². The molecule has 0 heterocycles. The van der Waals surface area contributed by atoms with Gasteiger partial charge in [-0.1, -0.05) is 54.1 Å². The van der Waals surface area contributed by atoms with E-state index in [4.69, 9.17) is 4.74 Å². The smallest absolute Gasteiger partial charge is 0.330 e. The minimum Gasteiger partial charge on any atom is -0.463 e. The third-order valence-electron chi connectivity index (χ3n) is 4.01. The summed E-state index contributed by atoms with van der Waals surface area (Å²) in [7, 11) is 0. The van der Waals surface area contributed by atoms with Gasteiger partial charge in [-0.05, 0) is 62.3 Å². The van der Waals surface area contributed by atoms with E-state index in [1.807, 2.05) is 19.1 Å². The lowest BCUT2D eigenvalue weighted by molar-refractivity contribution is -0.137. The molecule has 0 N–H and O–H groups in total. The van der Waals surface area contributed by atoms with Gasteiger partial charge in [-0.2, -0.15) is 0 Å². The van der Waals surface area contributed by atoms with Gasteiger partial charge in [0.15, 0.2) is 0 Å². The number of rotatable bonds is 5. The molecule has 2 rings (SSSR count). The molecule has 1 aliphatic carbocycles. The number of carbonyl (C=O) groups is 1. The Morgan fingerprint density at radius 3 is 2.75 bits per heavy atom. The molecular formula is C22H26O2. The summed E-state index contributed by atoms with van der Waals surface area (Å²) in [5.41, 5.74) is 6.35. The predicted octanol–water partition coefficient (Wildman–Crippen LogP) is 5.42. The van der Waals surface area contributed by atoms with Gasteiger partial charge in [-0.15, -0.1) is 0 Å². The summed E-state index contributed by atoms with van der Waals surface area (Å²) in [5.74, 6) is -0.290. The molecule has 0 fully saturated rings. The molecule has 0 atom stereocenters. The normalized spacial score (nSPS) is 17.2. The van der Waals surface area contributed by atoms with E-state index in [1.165, 1.54) is 41.2 Å². The van der Waals surface area contributed by atoms with Gasteiger partial charge in [-0.25, -0.2) is 4.79 Å². The van der Waals surface area contributed by atoms with Crippen LogP contribution in [-0.2, 0) is 16.0 Å². The molecule has 0 amide bonds. The Morgan fingerprint density at radius 2 is 1.96 bits per heavy atom. The van der Waals surface area contributed by atoms with E-state index in [9.17, 15) is 4.79 Å². The third kappa shape index (κ3) is 5.38. The van der Waals surface area contributed by atoms with E-state index in [-0.39, 0.29) is 5.97 Å². The second-order valence-electron chi connectivity index (χ2n) is 6.09. The zero-order valence-electron chi connectivity index (χ0n) is 14.8. The lowest BCUT2D eigenvalue weighted by Gasteiger charge is -2.18. The molecule has 2 nitrogen and oxygen atoms in total. The first-order valence-electron chi connectivity index (χ1n) is 8.59. The fourth-order valence-corrected chi connectivity index (χ4v) is 2.90. The van der Waals surface area contributed by atoms with E-state index < -0.39 is 0 Å². The van der Waals surface area contributed by atoms with Crippen LogP contribution in [0.4, 0.5) is 0 Å². The first-order chi connectivity index (χ1) is 11.6. The number of fused-ring (bicyclic) bond motifs is 1. The van der Waals surface area contributed by atoms with Gasteiger partial charge in [0.05, 0.1) is 6.61 Å². The van der Waals surface area contributed by atoms with Gasteiger partial charge in [0, 0.05) is 6.08 Å². The molecule has 0 aliphatic heterocycles. The number of esters is 1. The van der Waals surface area contributed by atoms with E-state index >= 15 is 0 Å². The Bertz CT molecular complexity index is 702. The highest BCUT2D eigenvalue weighted by Crippen LogP contribution is 2.31. The summed E-state index contributed by atoms with van der Waals surface area (Å²) in [6.07, 6.45) is 13.3. The van der Waals surface area contributed by atoms with E-state index in [0.717, 1.165) is 12.0 Å². The number of allylic oxidation sites excluding steroid dienone is 7. The number of hydrogen-bond donors (Lipinski definition) is 0. The van der Waals surface area contributed by atoms with E-state index in [0.29, 0.717) is 6.61 Å². The number of aryl methyl sites for hydroxylation is 1. The van der Waals surface area contributed by atoms with Crippen LogP contribution < -0.4 is 0 Å². The summed E-state index contributed by atoms with van der Waals surface area (Å²) in [4.78, 5) is 11.4. The summed E-state index contributed by atoms with van der Waals surface area (Å²) in [6, 6.07) is 8.67. The summed E-state index contributed by atoms with van der Waals surface area (Å²) < 4.78 is 4.90. The molecule has 0 aromatic heterocycles. The summed E-state index contributed by atoms with van der Waals surface area (Å²) in [5, 5.41) is 0. The summed E-state index contributed by atoms with van der Waals surface area (Å²) >= 11 is 0. The van der Waals surface area contributed by atoms with Crippen molar-refractivity contribution in [3.05, 3.63) is 76.9 Å². The van der Waals surface area contributed by atoms with Crippen LogP contribution in [0.2, 0.25) is 0 Å². The first kappa shape index (κ1) is 18.0. The standard InChI is InChI=1S/C22H26O2/c1-4-24-22(23)16-18(3)10-7-9-17(2)15-20-13-8-12-19-11-5-6-14-21(19)20/h5-7,9-11,14-16H,4,8,12-13H2,1-3H3/b10-7+,17-9-,18-16-,20-15+. The van der Waals surface area contributed by atoms with Crippen LogP contribution in [0.15, 0.2) is 65.8 Å². The number of carbonyl (C=O) groups excluding carboxylic acids is 1. The van der Waals surface area contributed by atoms with Gasteiger partial charge in [0.25, 0.3) is 0 Å². The maximum atomic E-state index is 11.4. The largest absolute Gasteiger partial charge is 0.463 e. The number of benzene rings is 1. The molecular weight excluding hydrogens is 296 g/mol. The molecule has 0 saturated heterocycles. The van der Waals surface area contributed by atoms with Crippen LogP contribution in [0.1, 0.15) is 44.7 Å². The molecule has 0 spiro atoms. The maximum absolute atomic E-state index is 11.4. The molecule has 0 saturated carbocycles. The lowest BCUT2D eigenvalue weighted by Crippen LogP contribution is -2.01. The number of hydrogen-bond acceptors (Lipinski definition) is 2. The van der Waals surface area contributed by atoms with Crippen molar-refractivity contribution in [2.45, 2.75) is 40.0 Å². The average Bonchev–Trinajstić information content (AvgIpc) is 2.55. The van der Waals surface area contributed by atoms with Crippen molar-refractivity contribution in [1.29, 1.82) is 0 Å². The second kappa shape index (κ2) is 9.07. The molecule has 2 heteroatoms. The highest BCUT2D eigenvalue weighted by Gasteiger charge is 2.12. The average molecular weight is 322 g/mol. The fraction of sp³-hybridized carbons (Fsp3) is 0.318. The van der Waals surface area contributed by atoms with Crippen molar-refractivity contribution >= 4 is 11.5 Å². The maximum Gasteiger partial charge on any atom is 0.330 e. The Kier molecular flexibility index (Phi) is 6.80. The van der Waals surface area contributed by atoms with Crippen LogP contribution in [0.3, 0.4) is 0 Å². The monoisotopic (exact) mass is 322 g/mol. The zero-order chi connectivity index (χ0) is 17.4. The van der Waals surface area contributed by atoms with Gasteiger partial charge in [-0.3, -0.25) is 0 Å². The molecule has 1 aliphatic rings. The highest BCUT2D eigenvalue weighted by molar-refractivity contribution is 5.83. The summed E-state index contributed by atoms with van der Waals surface area (Å²) in [6.45, 7) is 6.21. The van der Waals surface area contributed by atoms with E-state index in [1.54, 1.807) is 6.92 Å². The molecule has 24 heavy (non-hydrogen) atoms. The fourth-order valence-electron chi connectivity index (χ4n) is 2.90. The minimum atomic E-state index is -0.290. The Hall–Kier alpha value is -2.35. The SMILES string of the molecule is CCOC(=O)\C=C(C)/C=C/C=C(C)\C=C1/CCCc2ccccc21. The first-order valence-corrected chi connectivity index (χ1v) is 8.59. The molecule has 126 valence electrons. The lowest BCUT2D eigenvalue weighted by atomic mass is 9.86. The molecule has 1 aromatic rings. The van der Waals surface area contributed by atoms with Crippen molar-refractivity contribution < 1.29 is 9.53 Å². The third-order valence-corrected chi connectivity index (χ3v) is 4.01. The van der Waals surface area contributed by atoms with Crippen molar-refractivity contribution in [3.8, 4) is 0 Å². The van der Waals surface area contributed by atoms with Crippen LogP contribution in [0, 0.1) is 0 Å². The molecule has 0 radical (unpaired) electrons. The zero-order valence-corrected chi connectivity index (χ0v) is 14.8. The van der Waals surface area contributed by atoms with E-state index in [2.05, 4.69) is 43.3 Å². The van der Waals surface area contributed by atoms with Gasteiger partial charge >= 0.3 is 5.97 Å². The Balaban J connectivity index is 2.07. The van der Waals surface area contributed by atoms with Gasteiger partial charge in [0.2, 0.25) is 0 Å². The molecule has 1 aromatic carbocycles. The van der Waals surface area contributed by atoms with Crippen LogP contribution in [-0.4, -0.2) is 12.6 Å². The quantitative estimate of drug-likeness (QED) is 0.411. The van der Waals surface area contributed by atoms with Crippen molar-refractivity contribution in [2.75, 3.05) is 6.61 Å². The number of ether oxygens (including phenoxy) is 1. The Morgan fingerprint density at radius 1 is 1.17 bits per heavy atom. The predicted molar refractivity (Wildman–Crippen MR) is 101 cm³/mol. The molecule has 0 unspecified atom stereocenters. The van der Waals surface area contributed by atoms with Crippen molar-refractivity contribution in [1.82, 2.24) is 0 Å². The van der Waals surface area contributed by atoms with Crippen molar-refractivity contribution in [2.24, 2.45) is 0 Å². The van der Waals surface area contributed by atoms with Gasteiger partial charge < -0.3 is 4.74 Å². The topological polar surface area (TPSA) is 26.3 Å². The van der Waals surface area contributed by atoms with Crippen molar-refractivity contribution in [3.63, 3.8) is 0 Å². The van der Waals surface area contributed by atoms with Crippen LogP contribution in [0.25, 0.3) is 5.57 Å². The molecule has 0 bridgehead atoms. The minimum absolute atomic E-state index is 0.290.